The lowest BCUT2D eigenvalue weighted by molar-refractivity contribution is -0.121. The van der Waals surface area contributed by atoms with Crippen LogP contribution >= 0.6 is 0 Å². The van der Waals surface area contributed by atoms with Gasteiger partial charge < -0.3 is 9.88 Å². The van der Waals surface area contributed by atoms with Crippen LogP contribution in [0.2, 0.25) is 0 Å². The van der Waals surface area contributed by atoms with Crippen molar-refractivity contribution < 1.29 is 13.2 Å². The number of carbonyl (C=O) groups is 1. The number of fused-ring (bicyclic) bond motifs is 1. The molecule has 8 heteroatoms. The van der Waals surface area contributed by atoms with E-state index in [4.69, 9.17) is 0 Å². The maximum Gasteiger partial charge on any atom is 0.242 e. The highest BCUT2D eigenvalue weighted by atomic mass is 32.2. The number of hydrogen-bond acceptors (Lipinski definition) is 4. The zero-order valence-electron chi connectivity index (χ0n) is 18.8. The zero-order valence-corrected chi connectivity index (χ0v) is 19.6. The summed E-state index contributed by atoms with van der Waals surface area (Å²) in [7, 11) is 1.41. The van der Waals surface area contributed by atoms with Gasteiger partial charge in [-0.15, -0.1) is 0 Å². The summed E-state index contributed by atoms with van der Waals surface area (Å²) in [6, 6.07) is 4.95. The first-order chi connectivity index (χ1) is 14.3. The Labute approximate surface area is 180 Å². The molecule has 0 spiro atoms. The number of benzene rings is 1. The second kappa shape index (κ2) is 11.5. The molecule has 0 unspecified atom stereocenters. The Morgan fingerprint density at radius 3 is 2.43 bits per heavy atom. The molecule has 1 amide bonds. The molecule has 0 fully saturated rings. The number of carbonyl (C=O) groups excluding carboxylic acids is 1. The Morgan fingerprint density at radius 1 is 1.10 bits per heavy atom. The van der Waals surface area contributed by atoms with E-state index < -0.39 is 10.0 Å². The van der Waals surface area contributed by atoms with E-state index in [1.807, 2.05) is 11.6 Å². The first-order valence-electron chi connectivity index (χ1n) is 10.9. The van der Waals surface area contributed by atoms with E-state index in [1.165, 1.54) is 50.5 Å². The SMILES string of the molecule is CCCCCCCCCNC(=O)CCc1nc2cc(S(=O)(=O)N(C)C)ccc2n1C. The Balaban J connectivity index is 1.84. The molecule has 0 saturated carbocycles. The summed E-state index contributed by atoms with van der Waals surface area (Å²) in [5, 5.41) is 2.99. The average molecular weight is 437 g/mol. The molecule has 2 rings (SSSR count). The normalized spacial score (nSPS) is 12.0. The first kappa shape index (κ1) is 24.3. The Kier molecular flexibility index (Phi) is 9.30. The molecule has 1 aromatic heterocycles. The number of aryl methyl sites for hydroxylation is 2. The molecule has 1 heterocycles. The summed E-state index contributed by atoms with van der Waals surface area (Å²) in [5.41, 5.74) is 1.48. The van der Waals surface area contributed by atoms with Crippen molar-refractivity contribution in [3.63, 3.8) is 0 Å². The number of rotatable bonds is 13. The van der Waals surface area contributed by atoms with Crippen LogP contribution in [0.15, 0.2) is 23.1 Å². The lowest BCUT2D eigenvalue weighted by atomic mass is 10.1. The fourth-order valence-corrected chi connectivity index (χ4v) is 4.37. The van der Waals surface area contributed by atoms with Crippen molar-refractivity contribution >= 4 is 27.0 Å². The van der Waals surface area contributed by atoms with Crippen molar-refractivity contribution in [3.8, 4) is 0 Å². The molecule has 168 valence electrons. The minimum atomic E-state index is -3.50. The number of imidazole rings is 1. The second-order valence-electron chi connectivity index (χ2n) is 8.00. The van der Waals surface area contributed by atoms with E-state index in [9.17, 15) is 13.2 Å². The molecule has 0 aliphatic heterocycles. The number of amides is 1. The van der Waals surface area contributed by atoms with Gasteiger partial charge in [-0.1, -0.05) is 45.4 Å². The van der Waals surface area contributed by atoms with Crippen LogP contribution in [0.25, 0.3) is 11.0 Å². The van der Waals surface area contributed by atoms with Crippen LogP contribution in [0, 0.1) is 0 Å². The largest absolute Gasteiger partial charge is 0.356 e. The van der Waals surface area contributed by atoms with E-state index in [-0.39, 0.29) is 10.8 Å². The van der Waals surface area contributed by atoms with Crippen molar-refractivity contribution in [2.75, 3.05) is 20.6 Å². The van der Waals surface area contributed by atoms with E-state index in [0.29, 0.717) is 18.4 Å². The summed E-state index contributed by atoms with van der Waals surface area (Å²) in [6.07, 6.45) is 9.47. The van der Waals surface area contributed by atoms with Gasteiger partial charge in [-0.25, -0.2) is 17.7 Å². The van der Waals surface area contributed by atoms with Crippen LogP contribution < -0.4 is 5.32 Å². The lowest BCUT2D eigenvalue weighted by Gasteiger charge is -2.10. The maximum atomic E-state index is 12.3. The van der Waals surface area contributed by atoms with Crippen LogP contribution in [0.5, 0.6) is 0 Å². The lowest BCUT2D eigenvalue weighted by Crippen LogP contribution is -2.24. The van der Waals surface area contributed by atoms with Crippen LogP contribution in [-0.4, -0.2) is 48.8 Å². The molecule has 0 aliphatic rings. The molecule has 0 aliphatic carbocycles. The number of unbranched alkanes of at least 4 members (excludes halogenated alkanes) is 6. The summed E-state index contributed by atoms with van der Waals surface area (Å²) in [5.74, 6) is 0.805. The van der Waals surface area contributed by atoms with Gasteiger partial charge in [0.2, 0.25) is 15.9 Å². The molecule has 30 heavy (non-hydrogen) atoms. The number of hydrogen-bond donors (Lipinski definition) is 1. The van der Waals surface area contributed by atoms with Crippen molar-refractivity contribution in [2.24, 2.45) is 7.05 Å². The van der Waals surface area contributed by atoms with Crippen molar-refractivity contribution in [3.05, 3.63) is 24.0 Å². The van der Waals surface area contributed by atoms with E-state index in [1.54, 1.807) is 18.2 Å². The predicted octanol–water partition coefficient (Wildman–Crippen LogP) is 3.62. The average Bonchev–Trinajstić information content (AvgIpc) is 3.03. The molecule has 0 radical (unpaired) electrons. The summed E-state index contributed by atoms with van der Waals surface area (Å²) < 4.78 is 27.8. The van der Waals surface area contributed by atoms with E-state index in [0.717, 1.165) is 30.7 Å². The van der Waals surface area contributed by atoms with Gasteiger partial charge in [0.05, 0.1) is 15.9 Å². The molecular formula is C22H36N4O3S. The summed E-state index contributed by atoms with van der Waals surface area (Å²) >= 11 is 0. The van der Waals surface area contributed by atoms with Gasteiger partial charge in [-0.2, -0.15) is 0 Å². The molecule has 0 atom stereocenters. The maximum absolute atomic E-state index is 12.3. The van der Waals surface area contributed by atoms with E-state index >= 15 is 0 Å². The van der Waals surface area contributed by atoms with Crippen molar-refractivity contribution in [1.82, 2.24) is 19.2 Å². The second-order valence-corrected chi connectivity index (χ2v) is 10.1. The minimum absolute atomic E-state index is 0.0314. The fraction of sp³-hybridized carbons (Fsp3) is 0.636. The van der Waals surface area contributed by atoms with Gasteiger partial charge in [0.1, 0.15) is 5.82 Å². The van der Waals surface area contributed by atoms with Gasteiger partial charge in [-0.05, 0) is 24.6 Å². The molecule has 0 saturated heterocycles. The van der Waals surface area contributed by atoms with Gasteiger partial charge in [0, 0.05) is 40.5 Å². The Bertz CT molecular complexity index is 935. The topological polar surface area (TPSA) is 84.3 Å². The fourth-order valence-electron chi connectivity index (χ4n) is 3.45. The third-order valence-corrected chi connectivity index (χ3v) is 7.21. The number of nitrogens with zero attached hydrogens (tertiary/aromatic N) is 3. The van der Waals surface area contributed by atoms with Gasteiger partial charge in [-0.3, -0.25) is 4.79 Å². The summed E-state index contributed by atoms with van der Waals surface area (Å²) in [6.45, 7) is 2.94. The van der Waals surface area contributed by atoms with E-state index in [2.05, 4.69) is 17.2 Å². The minimum Gasteiger partial charge on any atom is -0.356 e. The predicted molar refractivity (Wildman–Crippen MR) is 121 cm³/mol. The summed E-state index contributed by atoms with van der Waals surface area (Å²) in [4.78, 5) is 16.9. The molecule has 1 N–H and O–H groups in total. The first-order valence-corrected chi connectivity index (χ1v) is 12.4. The Morgan fingerprint density at radius 2 is 1.77 bits per heavy atom. The molecule has 0 bridgehead atoms. The molecule has 2 aromatic rings. The molecule has 7 nitrogen and oxygen atoms in total. The van der Waals surface area contributed by atoms with Crippen LogP contribution in [0.4, 0.5) is 0 Å². The van der Waals surface area contributed by atoms with Crippen LogP contribution in [0.3, 0.4) is 0 Å². The standard InChI is InChI=1S/C22H36N4O3S/c1-5-6-7-8-9-10-11-16-23-22(27)15-14-21-24-19-17-18(30(28,29)25(2)3)12-13-20(19)26(21)4/h12-13,17H,5-11,14-16H2,1-4H3,(H,23,27). The number of nitrogens with one attached hydrogen (secondary N) is 1. The number of sulfonamides is 1. The van der Waals surface area contributed by atoms with Gasteiger partial charge in [0.25, 0.3) is 0 Å². The Hall–Kier alpha value is -1.93. The highest BCUT2D eigenvalue weighted by Gasteiger charge is 2.19. The van der Waals surface area contributed by atoms with Gasteiger partial charge >= 0.3 is 0 Å². The smallest absolute Gasteiger partial charge is 0.242 e. The molecule has 1 aromatic carbocycles. The highest BCUT2D eigenvalue weighted by Crippen LogP contribution is 2.21. The van der Waals surface area contributed by atoms with Crippen molar-refractivity contribution in [1.29, 1.82) is 0 Å². The monoisotopic (exact) mass is 436 g/mol. The molecular weight excluding hydrogens is 400 g/mol. The number of aromatic nitrogens is 2. The van der Waals surface area contributed by atoms with Crippen molar-refractivity contribution in [2.45, 2.75) is 69.6 Å². The van der Waals surface area contributed by atoms with Gasteiger partial charge in [0.15, 0.2) is 0 Å². The van der Waals surface area contributed by atoms with Crippen LogP contribution in [-0.2, 0) is 28.3 Å². The van der Waals surface area contributed by atoms with Crippen LogP contribution in [0.1, 0.15) is 64.1 Å². The quantitative estimate of drug-likeness (QED) is 0.486. The zero-order chi connectivity index (χ0) is 22.1. The highest BCUT2D eigenvalue weighted by molar-refractivity contribution is 7.89. The third-order valence-electron chi connectivity index (χ3n) is 5.40. The third kappa shape index (κ3) is 6.54.